The molecule has 3 rings (SSSR count). The largest absolute Gasteiger partial charge is 0.341 e. The van der Waals surface area contributed by atoms with Crippen LogP contribution in [0.5, 0.6) is 0 Å². The van der Waals surface area contributed by atoms with Crippen LogP contribution in [0.2, 0.25) is 0 Å². The second kappa shape index (κ2) is 11.2. The molecule has 29 heavy (non-hydrogen) atoms. The molecule has 3 aliphatic rings. The molecule has 1 N–H and O–H groups in total. The third-order valence-electron chi connectivity index (χ3n) is 6.62. The van der Waals surface area contributed by atoms with Gasteiger partial charge in [-0.3, -0.25) is 9.69 Å². The predicted octanol–water partition coefficient (Wildman–Crippen LogP) is 1.69. The Bertz CT molecular complexity index is 519. The number of hydrogen-bond acceptors (Lipinski definition) is 4. The first-order chi connectivity index (χ1) is 14.0. The molecular weight excluding hydrogens is 366 g/mol. The van der Waals surface area contributed by atoms with Crippen LogP contribution in [-0.2, 0) is 4.79 Å². The molecule has 0 aromatic carbocycles. The van der Waals surface area contributed by atoms with Crippen molar-refractivity contribution in [1.29, 1.82) is 0 Å². The lowest BCUT2D eigenvalue weighted by Gasteiger charge is -2.38. The van der Waals surface area contributed by atoms with E-state index in [0.717, 1.165) is 45.7 Å². The Balaban J connectivity index is 1.29. The fraction of sp³-hybridized carbons (Fsp3) is 0.909. The summed E-state index contributed by atoms with van der Waals surface area (Å²) in [7, 11) is 0. The Labute approximate surface area is 176 Å². The van der Waals surface area contributed by atoms with Crippen LogP contribution < -0.4 is 5.32 Å². The average Bonchev–Trinajstić information content (AvgIpc) is 2.71. The summed E-state index contributed by atoms with van der Waals surface area (Å²) < 4.78 is 0. The molecule has 0 spiro atoms. The number of urea groups is 1. The van der Waals surface area contributed by atoms with E-state index in [9.17, 15) is 9.59 Å². The van der Waals surface area contributed by atoms with Gasteiger partial charge in [-0.15, -0.1) is 0 Å². The first-order valence-corrected chi connectivity index (χ1v) is 11.8. The van der Waals surface area contributed by atoms with Crippen LogP contribution in [0, 0.1) is 11.8 Å². The van der Waals surface area contributed by atoms with Gasteiger partial charge < -0.3 is 20.0 Å². The molecule has 166 valence electrons. The highest BCUT2D eigenvalue weighted by atomic mass is 16.2. The fourth-order valence-corrected chi connectivity index (χ4v) is 5.06. The van der Waals surface area contributed by atoms with Crippen molar-refractivity contribution >= 4 is 11.9 Å². The van der Waals surface area contributed by atoms with Crippen molar-refractivity contribution < 1.29 is 9.59 Å². The van der Waals surface area contributed by atoms with Gasteiger partial charge >= 0.3 is 6.03 Å². The third-order valence-corrected chi connectivity index (χ3v) is 6.62. The highest BCUT2D eigenvalue weighted by Crippen LogP contribution is 2.21. The molecule has 2 atom stereocenters. The van der Waals surface area contributed by atoms with Gasteiger partial charge in [-0.2, -0.15) is 0 Å². The molecule has 2 unspecified atom stereocenters. The molecule has 0 bridgehead atoms. The van der Waals surface area contributed by atoms with E-state index in [1.165, 1.54) is 38.8 Å². The molecule has 0 radical (unpaired) electrons. The Morgan fingerprint density at radius 3 is 2.14 bits per heavy atom. The summed E-state index contributed by atoms with van der Waals surface area (Å²) in [6.45, 7) is 14.0. The summed E-state index contributed by atoms with van der Waals surface area (Å²) in [4.78, 5) is 33.7. The molecule has 0 aromatic heterocycles. The lowest BCUT2D eigenvalue weighted by Crippen LogP contribution is -2.54. The second-order valence-corrected chi connectivity index (χ2v) is 9.50. The fourth-order valence-electron chi connectivity index (χ4n) is 5.06. The molecule has 0 aliphatic carbocycles. The summed E-state index contributed by atoms with van der Waals surface area (Å²) in [6.07, 6.45) is 6.23. The molecule has 3 saturated heterocycles. The van der Waals surface area contributed by atoms with Crippen LogP contribution >= 0.6 is 0 Å². The topological polar surface area (TPSA) is 59.1 Å². The molecule has 0 aromatic rings. The summed E-state index contributed by atoms with van der Waals surface area (Å²) in [6, 6.07) is 0.0494. The molecule has 0 saturated carbocycles. The number of carbonyl (C=O) groups excluding carboxylic acids is 2. The minimum Gasteiger partial charge on any atom is -0.341 e. The highest BCUT2D eigenvalue weighted by Gasteiger charge is 2.28. The Morgan fingerprint density at radius 1 is 0.828 bits per heavy atom. The minimum absolute atomic E-state index is 0.0494. The van der Waals surface area contributed by atoms with Crippen LogP contribution in [0.3, 0.4) is 0 Å². The molecule has 7 nitrogen and oxygen atoms in total. The van der Waals surface area contributed by atoms with E-state index in [4.69, 9.17) is 0 Å². The maximum absolute atomic E-state index is 12.7. The van der Waals surface area contributed by atoms with Gasteiger partial charge in [0.1, 0.15) is 0 Å². The van der Waals surface area contributed by atoms with Crippen molar-refractivity contribution in [3.05, 3.63) is 0 Å². The zero-order valence-corrected chi connectivity index (χ0v) is 18.6. The minimum atomic E-state index is 0.0494. The average molecular weight is 408 g/mol. The number of rotatable bonds is 6. The van der Waals surface area contributed by atoms with E-state index in [1.807, 2.05) is 9.80 Å². The Kier molecular flexibility index (Phi) is 8.60. The van der Waals surface area contributed by atoms with Gasteiger partial charge in [-0.05, 0) is 57.2 Å². The quantitative estimate of drug-likeness (QED) is 0.681. The van der Waals surface area contributed by atoms with Crippen molar-refractivity contribution in [2.75, 3.05) is 72.0 Å². The summed E-state index contributed by atoms with van der Waals surface area (Å²) in [5, 5.41) is 3.08. The van der Waals surface area contributed by atoms with Gasteiger partial charge in [0.15, 0.2) is 0 Å². The summed E-state index contributed by atoms with van der Waals surface area (Å²) >= 11 is 0. The van der Waals surface area contributed by atoms with Crippen molar-refractivity contribution in [1.82, 2.24) is 24.9 Å². The van der Waals surface area contributed by atoms with Crippen LogP contribution in [0.25, 0.3) is 0 Å². The van der Waals surface area contributed by atoms with E-state index in [2.05, 4.69) is 29.0 Å². The molecule has 3 fully saturated rings. The Morgan fingerprint density at radius 2 is 1.48 bits per heavy atom. The number of likely N-dealkylation sites (tertiary alicyclic amines) is 2. The standard InChI is InChI=1S/C22H41N5O2/c1-19-15-20(2)17-27(16-19)21(28)18-25-11-13-26(14-12-25)22(29)23-7-6-10-24-8-4-3-5-9-24/h19-20H,3-18H2,1-2H3,(H,23,29). The van der Waals surface area contributed by atoms with Gasteiger partial charge in [0.05, 0.1) is 6.54 Å². The van der Waals surface area contributed by atoms with E-state index in [1.54, 1.807) is 0 Å². The molecule has 7 heteroatoms. The van der Waals surface area contributed by atoms with Crippen molar-refractivity contribution in [2.45, 2.75) is 46.0 Å². The predicted molar refractivity (Wildman–Crippen MR) is 116 cm³/mol. The maximum atomic E-state index is 12.7. The van der Waals surface area contributed by atoms with Gasteiger partial charge in [-0.1, -0.05) is 20.3 Å². The van der Waals surface area contributed by atoms with Crippen molar-refractivity contribution in [2.24, 2.45) is 11.8 Å². The van der Waals surface area contributed by atoms with Gasteiger partial charge in [0.2, 0.25) is 5.91 Å². The molecular formula is C22H41N5O2. The van der Waals surface area contributed by atoms with Crippen molar-refractivity contribution in [3.8, 4) is 0 Å². The smallest absolute Gasteiger partial charge is 0.317 e. The first kappa shape index (κ1) is 22.3. The van der Waals surface area contributed by atoms with E-state index >= 15 is 0 Å². The maximum Gasteiger partial charge on any atom is 0.317 e. The van der Waals surface area contributed by atoms with Gasteiger partial charge in [0, 0.05) is 45.8 Å². The summed E-state index contributed by atoms with van der Waals surface area (Å²) in [5.41, 5.74) is 0. The SMILES string of the molecule is CC1CC(C)CN(C(=O)CN2CCN(C(=O)NCCCN3CCCCC3)CC2)C1. The van der Waals surface area contributed by atoms with Gasteiger partial charge in [0.25, 0.3) is 0 Å². The van der Waals surface area contributed by atoms with Crippen LogP contribution in [0.1, 0.15) is 46.0 Å². The number of piperazine rings is 1. The van der Waals surface area contributed by atoms with E-state index < -0.39 is 0 Å². The Hall–Kier alpha value is -1.34. The van der Waals surface area contributed by atoms with Crippen LogP contribution in [0.4, 0.5) is 4.79 Å². The number of amides is 3. The van der Waals surface area contributed by atoms with Crippen molar-refractivity contribution in [3.63, 3.8) is 0 Å². The number of nitrogens with zero attached hydrogens (tertiary/aromatic N) is 4. The zero-order chi connectivity index (χ0) is 20.6. The molecule has 3 amide bonds. The number of carbonyl (C=O) groups is 2. The molecule has 3 heterocycles. The van der Waals surface area contributed by atoms with Gasteiger partial charge in [-0.25, -0.2) is 4.79 Å². The normalized spacial score (nSPS) is 27.1. The second-order valence-electron chi connectivity index (χ2n) is 9.50. The number of nitrogens with one attached hydrogen (secondary N) is 1. The molecule has 3 aliphatic heterocycles. The monoisotopic (exact) mass is 407 g/mol. The number of hydrogen-bond donors (Lipinski definition) is 1. The lowest BCUT2D eigenvalue weighted by atomic mass is 9.92. The lowest BCUT2D eigenvalue weighted by molar-refractivity contribution is -0.135. The van der Waals surface area contributed by atoms with Crippen LogP contribution in [-0.4, -0.2) is 104 Å². The third kappa shape index (κ3) is 7.14. The highest BCUT2D eigenvalue weighted by molar-refractivity contribution is 5.78. The first-order valence-electron chi connectivity index (χ1n) is 11.8. The van der Waals surface area contributed by atoms with E-state index in [-0.39, 0.29) is 11.9 Å². The summed E-state index contributed by atoms with van der Waals surface area (Å²) in [5.74, 6) is 1.44. The van der Waals surface area contributed by atoms with Crippen LogP contribution in [0.15, 0.2) is 0 Å². The zero-order valence-electron chi connectivity index (χ0n) is 18.6. The van der Waals surface area contributed by atoms with E-state index in [0.29, 0.717) is 31.5 Å². The number of piperidine rings is 2.